The van der Waals surface area contributed by atoms with Gasteiger partial charge in [0.2, 0.25) is 5.96 Å². The fourth-order valence-corrected chi connectivity index (χ4v) is 3.51. The molecule has 1 aliphatic rings. The normalized spacial score (nSPS) is 15.0. The van der Waals surface area contributed by atoms with Gasteiger partial charge in [0.1, 0.15) is 11.9 Å². The van der Waals surface area contributed by atoms with Gasteiger partial charge in [0.25, 0.3) is 5.65 Å². The molecular formula is C22H27N6O+. The number of benzene rings is 1. The maximum Gasteiger partial charge on any atom is 0.286 e. The monoisotopic (exact) mass is 391 g/mol. The molecule has 2 aromatic heterocycles. The average molecular weight is 391 g/mol. The van der Waals surface area contributed by atoms with Crippen molar-refractivity contribution in [1.29, 1.82) is 0 Å². The molecule has 1 aliphatic heterocycles. The summed E-state index contributed by atoms with van der Waals surface area (Å²) in [5.74, 6) is 1.30. The summed E-state index contributed by atoms with van der Waals surface area (Å²) in [6.07, 6.45) is 8.25. The molecule has 1 aromatic carbocycles. The number of nitrogens with zero attached hydrogens (tertiary/aromatic N) is 5. The third kappa shape index (κ3) is 4.39. The number of fused-ring (bicyclic) bond motifs is 1. The number of aromatic nitrogens is 2. The number of pyridine rings is 1. The van der Waals surface area contributed by atoms with Crippen LogP contribution in [0.2, 0.25) is 0 Å². The van der Waals surface area contributed by atoms with Gasteiger partial charge in [-0.1, -0.05) is 0 Å². The molecule has 0 saturated carbocycles. The van der Waals surface area contributed by atoms with Gasteiger partial charge in [-0.3, -0.25) is 0 Å². The van der Waals surface area contributed by atoms with Gasteiger partial charge in [0.05, 0.1) is 19.5 Å². The van der Waals surface area contributed by atoms with Crippen LogP contribution in [0.5, 0.6) is 5.75 Å². The lowest BCUT2D eigenvalue weighted by Crippen LogP contribution is -2.34. The summed E-state index contributed by atoms with van der Waals surface area (Å²) in [7, 11) is 2.05. The van der Waals surface area contributed by atoms with E-state index in [2.05, 4.69) is 62.6 Å². The highest BCUT2D eigenvalue weighted by Gasteiger charge is 2.15. The van der Waals surface area contributed by atoms with Crippen LogP contribution >= 0.6 is 0 Å². The van der Waals surface area contributed by atoms with Gasteiger partial charge in [-0.2, -0.15) is 5.10 Å². The molecule has 0 atom stereocenters. The van der Waals surface area contributed by atoms with Crippen molar-refractivity contribution < 1.29 is 9.14 Å². The maximum absolute atomic E-state index is 5.96. The van der Waals surface area contributed by atoms with Crippen molar-refractivity contribution in [3.63, 3.8) is 0 Å². The van der Waals surface area contributed by atoms with Crippen LogP contribution in [-0.4, -0.2) is 34.7 Å². The minimum Gasteiger partial charge on any atom is -0.485 e. The van der Waals surface area contributed by atoms with Gasteiger partial charge in [0, 0.05) is 19.2 Å². The number of imidazole rings is 1. The molecule has 150 valence electrons. The van der Waals surface area contributed by atoms with Crippen molar-refractivity contribution in [3.05, 3.63) is 65.6 Å². The topological polar surface area (TPSA) is 72.2 Å². The lowest BCUT2D eigenvalue weighted by Gasteiger charge is -2.13. The van der Waals surface area contributed by atoms with Crippen molar-refractivity contribution in [2.45, 2.75) is 26.4 Å². The predicted octanol–water partition coefficient (Wildman–Crippen LogP) is 2.40. The Morgan fingerprint density at radius 1 is 1.14 bits per heavy atom. The van der Waals surface area contributed by atoms with Crippen LogP contribution in [0.3, 0.4) is 0 Å². The van der Waals surface area contributed by atoms with Crippen LogP contribution in [0.25, 0.3) is 5.65 Å². The number of aryl methyl sites for hydroxylation is 2. The quantitative estimate of drug-likeness (QED) is 0.314. The molecule has 3 aromatic rings. The fraction of sp³-hybridized carbons (Fsp3) is 0.318. The van der Waals surface area contributed by atoms with Crippen LogP contribution < -0.4 is 14.9 Å². The van der Waals surface area contributed by atoms with Crippen molar-refractivity contribution >= 4 is 17.8 Å². The number of likely N-dealkylation sites (tertiary alicyclic amines) is 1. The van der Waals surface area contributed by atoms with Gasteiger partial charge in [-0.15, -0.1) is 5.10 Å². The molecular weight excluding hydrogens is 364 g/mol. The largest absolute Gasteiger partial charge is 0.485 e. The van der Waals surface area contributed by atoms with E-state index in [0.29, 0.717) is 12.6 Å². The van der Waals surface area contributed by atoms with E-state index in [9.17, 15) is 0 Å². The number of rotatable bonds is 5. The first-order chi connectivity index (χ1) is 14.1. The molecule has 0 spiro atoms. The van der Waals surface area contributed by atoms with Crippen LogP contribution in [0.15, 0.2) is 59.0 Å². The second-order valence-corrected chi connectivity index (χ2v) is 7.41. The Hall–Kier alpha value is -3.35. The van der Waals surface area contributed by atoms with Crippen LogP contribution in [0.1, 0.15) is 29.7 Å². The maximum atomic E-state index is 5.96. The molecule has 3 heterocycles. The zero-order valence-electron chi connectivity index (χ0n) is 17.0. The van der Waals surface area contributed by atoms with E-state index in [1.807, 2.05) is 24.3 Å². The molecule has 1 saturated heterocycles. The first-order valence-corrected chi connectivity index (χ1v) is 9.91. The molecule has 7 heteroatoms. The minimum absolute atomic E-state index is 0.488. The van der Waals surface area contributed by atoms with Gasteiger partial charge in [-0.05, 0) is 61.2 Å². The molecule has 29 heavy (non-hydrogen) atoms. The summed E-state index contributed by atoms with van der Waals surface area (Å²) in [6, 6.07) is 12.0. The van der Waals surface area contributed by atoms with Gasteiger partial charge < -0.3 is 15.4 Å². The summed E-state index contributed by atoms with van der Waals surface area (Å²) >= 11 is 0. The van der Waals surface area contributed by atoms with Gasteiger partial charge >= 0.3 is 0 Å². The van der Waals surface area contributed by atoms with Crippen molar-refractivity contribution in [2.24, 2.45) is 23.0 Å². The Bertz CT molecular complexity index is 1050. The van der Waals surface area contributed by atoms with Crippen LogP contribution in [0, 0.1) is 6.92 Å². The summed E-state index contributed by atoms with van der Waals surface area (Å²) in [4.78, 5) is 2.06. The fourth-order valence-electron chi connectivity index (χ4n) is 3.51. The molecule has 4 rings (SSSR count). The first kappa shape index (κ1) is 19.0. The van der Waals surface area contributed by atoms with E-state index in [4.69, 9.17) is 10.5 Å². The van der Waals surface area contributed by atoms with Crippen LogP contribution in [0.4, 0.5) is 0 Å². The van der Waals surface area contributed by atoms with E-state index in [-0.39, 0.29) is 0 Å². The van der Waals surface area contributed by atoms with Crippen molar-refractivity contribution in [3.8, 4) is 5.75 Å². The Kier molecular flexibility index (Phi) is 5.46. The third-order valence-electron chi connectivity index (χ3n) is 5.23. The lowest BCUT2D eigenvalue weighted by molar-refractivity contribution is -0.511. The smallest absolute Gasteiger partial charge is 0.286 e. The second kappa shape index (κ2) is 8.34. The lowest BCUT2D eigenvalue weighted by atomic mass is 10.2. The summed E-state index contributed by atoms with van der Waals surface area (Å²) in [5.41, 5.74) is 10.4. The van der Waals surface area contributed by atoms with Gasteiger partial charge in [0.15, 0.2) is 12.3 Å². The summed E-state index contributed by atoms with van der Waals surface area (Å²) in [5, 5.41) is 8.19. The zero-order valence-corrected chi connectivity index (χ0v) is 17.0. The third-order valence-corrected chi connectivity index (χ3v) is 5.23. The highest BCUT2D eigenvalue weighted by atomic mass is 16.5. The number of guanidine groups is 1. The second-order valence-electron chi connectivity index (χ2n) is 7.41. The van der Waals surface area contributed by atoms with E-state index >= 15 is 0 Å². The van der Waals surface area contributed by atoms with E-state index < -0.39 is 0 Å². The van der Waals surface area contributed by atoms with E-state index in [0.717, 1.165) is 35.7 Å². The molecule has 7 nitrogen and oxygen atoms in total. The standard InChI is InChI=1S/C22H27N6O/c1-17-5-10-21-26(2)19(15-28(21)14-17)16-29-20-8-6-18(7-9-20)13-24-25-22(23)27-11-3-4-12-27/h5-10,13-15H,3-4,11-12,16H2,1-2H3,(H2,23,25)/q+1/b24-13+. The Morgan fingerprint density at radius 2 is 1.90 bits per heavy atom. The molecule has 0 radical (unpaired) electrons. The summed E-state index contributed by atoms with van der Waals surface area (Å²) in [6.45, 7) is 4.52. The highest BCUT2D eigenvalue weighted by molar-refractivity contribution is 5.82. The number of hydrogen-bond acceptors (Lipinski definition) is 3. The molecule has 2 N–H and O–H groups in total. The van der Waals surface area contributed by atoms with Crippen molar-refractivity contribution in [2.75, 3.05) is 13.1 Å². The highest BCUT2D eigenvalue weighted by Crippen LogP contribution is 2.14. The van der Waals surface area contributed by atoms with E-state index in [1.165, 1.54) is 18.4 Å². The molecule has 0 bridgehead atoms. The molecule has 0 amide bonds. The Labute approximate surface area is 170 Å². The van der Waals surface area contributed by atoms with Crippen LogP contribution in [-0.2, 0) is 13.7 Å². The number of nitrogens with two attached hydrogens (primary N) is 1. The Morgan fingerprint density at radius 3 is 2.66 bits per heavy atom. The number of ether oxygens (including phenoxy) is 1. The number of hydrogen-bond donors (Lipinski definition) is 1. The Balaban J connectivity index is 1.36. The zero-order chi connectivity index (χ0) is 20.2. The first-order valence-electron chi connectivity index (χ1n) is 9.91. The molecule has 0 aliphatic carbocycles. The van der Waals surface area contributed by atoms with Crippen molar-refractivity contribution in [1.82, 2.24) is 9.47 Å². The van der Waals surface area contributed by atoms with E-state index in [1.54, 1.807) is 6.21 Å². The average Bonchev–Trinajstić information content (AvgIpc) is 3.36. The molecule has 0 unspecified atom stereocenters. The minimum atomic E-state index is 0.488. The van der Waals surface area contributed by atoms with Gasteiger partial charge in [-0.25, -0.2) is 8.97 Å². The summed E-state index contributed by atoms with van der Waals surface area (Å²) < 4.78 is 10.2. The predicted molar refractivity (Wildman–Crippen MR) is 114 cm³/mol. The molecule has 1 fully saturated rings. The SMILES string of the molecule is Cc1ccc2n(C)c(COc3ccc(/C=N/N=C(\N)N4CCCC4)cc3)c[n+]2c1.